The molecular formula is C15H27N3O2S. The summed E-state index contributed by atoms with van der Waals surface area (Å²) in [5.74, 6) is 0.346. The largest absolute Gasteiger partial charge is 0.387 e. The van der Waals surface area contributed by atoms with Crippen molar-refractivity contribution < 1.29 is 9.90 Å². The lowest BCUT2D eigenvalue weighted by Gasteiger charge is -2.22. The van der Waals surface area contributed by atoms with Crippen molar-refractivity contribution in [3.63, 3.8) is 0 Å². The number of amides is 1. The highest BCUT2D eigenvalue weighted by Gasteiger charge is 2.22. The molecule has 0 bridgehead atoms. The van der Waals surface area contributed by atoms with E-state index in [1.165, 1.54) is 0 Å². The number of carbonyl (C=O) groups excluding carboxylic acids is 1. The number of nitrogens with zero attached hydrogens (tertiary/aromatic N) is 2. The second kappa shape index (κ2) is 7.84. The van der Waals surface area contributed by atoms with Crippen molar-refractivity contribution in [3.05, 3.63) is 17.5 Å². The smallest absolute Gasteiger partial charge is 0.271 e. The van der Waals surface area contributed by atoms with Crippen LogP contribution in [0.2, 0.25) is 0 Å². The third-order valence-electron chi connectivity index (χ3n) is 3.53. The number of aromatic nitrogens is 2. The summed E-state index contributed by atoms with van der Waals surface area (Å²) in [6.45, 7) is 8.15. The monoisotopic (exact) mass is 313 g/mol. The Labute approximate surface area is 131 Å². The minimum atomic E-state index is -0.901. The Bertz CT molecular complexity index is 467. The lowest BCUT2D eigenvalue weighted by atomic mass is 10.1. The van der Waals surface area contributed by atoms with Gasteiger partial charge in [-0.3, -0.25) is 9.48 Å². The van der Waals surface area contributed by atoms with Crippen LogP contribution >= 0.6 is 11.8 Å². The van der Waals surface area contributed by atoms with Gasteiger partial charge < -0.3 is 10.4 Å². The minimum Gasteiger partial charge on any atom is -0.387 e. The summed E-state index contributed by atoms with van der Waals surface area (Å²) < 4.78 is 1.93. The molecule has 0 aromatic carbocycles. The van der Waals surface area contributed by atoms with E-state index in [0.717, 1.165) is 18.5 Å². The van der Waals surface area contributed by atoms with Crippen molar-refractivity contribution in [2.75, 3.05) is 18.6 Å². The fourth-order valence-electron chi connectivity index (χ4n) is 2.33. The zero-order valence-electron chi connectivity index (χ0n) is 13.6. The number of rotatable bonds is 8. The molecule has 6 heteroatoms. The second-order valence-corrected chi connectivity index (χ2v) is 6.56. The van der Waals surface area contributed by atoms with Crippen LogP contribution in [0.4, 0.5) is 0 Å². The maximum atomic E-state index is 12.2. The van der Waals surface area contributed by atoms with Gasteiger partial charge in [-0.2, -0.15) is 16.9 Å². The summed E-state index contributed by atoms with van der Waals surface area (Å²) in [5.41, 5.74) is 0.506. The number of aryl methyl sites for hydroxylation is 1. The molecule has 0 aliphatic heterocycles. The summed E-state index contributed by atoms with van der Waals surface area (Å²) in [5, 5.41) is 17.3. The van der Waals surface area contributed by atoms with Crippen LogP contribution in [-0.2, 0) is 0 Å². The van der Waals surface area contributed by atoms with Crippen LogP contribution in [-0.4, -0.2) is 44.9 Å². The van der Waals surface area contributed by atoms with Gasteiger partial charge in [0.15, 0.2) is 0 Å². The van der Waals surface area contributed by atoms with Crippen molar-refractivity contribution in [3.8, 4) is 0 Å². The molecule has 2 N–H and O–H groups in total. The zero-order valence-corrected chi connectivity index (χ0v) is 14.5. The molecule has 120 valence electrons. The van der Waals surface area contributed by atoms with Crippen molar-refractivity contribution in [2.45, 2.75) is 52.2 Å². The molecule has 0 aliphatic carbocycles. The summed E-state index contributed by atoms with van der Waals surface area (Å²) >= 11 is 1.55. The molecule has 0 saturated carbocycles. The molecule has 1 heterocycles. The van der Waals surface area contributed by atoms with Gasteiger partial charge in [-0.25, -0.2) is 0 Å². The molecule has 0 aliphatic rings. The maximum Gasteiger partial charge on any atom is 0.271 e. The van der Waals surface area contributed by atoms with Crippen molar-refractivity contribution >= 4 is 17.7 Å². The average molecular weight is 313 g/mol. The van der Waals surface area contributed by atoms with Crippen LogP contribution in [0.1, 0.15) is 55.8 Å². The van der Waals surface area contributed by atoms with Crippen LogP contribution in [0, 0.1) is 6.92 Å². The molecular weight excluding hydrogens is 286 g/mol. The predicted octanol–water partition coefficient (Wildman–Crippen LogP) is 2.40. The lowest BCUT2D eigenvalue weighted by molar-refractivity contribution is 0.0721. The molecule has 1 amide bonds. The molecule has 1 aromatic heterocycles. The van der Waals surface area contributed by atoms with Gasteiger partial charge in [0.25, 0.3) is 5.91 Å². The number of hydrogen-bond donors (Lipinski definition) is 2. The first-order valence-corrected chi connectivity index (χ1v) is 8.79. The SMILES string of the molecule is CCC(CC)n1nc(C(=O)NCC(C)(O)CSC)cc1C. The standard InChI is InChI=1S/C15H27N3O2S/c1-6-12(7-2)18-11(3)8-13(17-18)14(19)16-9-15(4,20)10-21-5/h8,12,20H,6-7,9-10H2,1-5H3,(H,16,19). The Balaban J connectivity index is 2.74. The minimum absolute atomic E-state index is 0.226. The van der Waals surface area contributed by atoms with Crippen LogP contribution < -0.4 is 5.32 Å². The molecule has 1 atom stereocenters. The lowest BCUT2D eigenvalue weighted by Crippen LogP contribution is -2.42. The fourth-order valence-corrected chi connectivity index (χ4v) is 3.05. The van der Waals surface area contributed by atoms with E-state index < -0.39 is 5.60 Å². The molecule has 5 nitrogen and oxygen atoms in total. The van der Waals surface area contributed by atoms with Crippen LogP contribution in [0.5, 0.6) is 0 Å². The topological polar surface area (TPSA) is 67.2 Å². The number of carbonyl (C=O) groups is 1. The molecule has 0 saturated heterocycles. The number of thioether (sulfide) groups is 1. The third kappa shape index (κ3) is 5.04. The highest BCUT2D eigenvalue weighted by Crippen LogP contribution is 2.18. The Morgan fingerprint density at radius 2 is 2.14 bits per heavy atom. The van der Waals surface area contributed by atoms with E-state index in [9.17, 15) is 9.90 Å². The summed E-state index contributed by atoms with van der Waals surface area (Å²) in [6, 6.07) is 2.13. The molecule has 1 unspecified atom stereocenters. The normalized spacial score (nSPS) is 14.2. The number of hydrogen-bond acceptors (Lipinski definition) is 4. The fraction of sp³-hybridized carbons (Fsp3) is 0.733. The Morgan fingerprint density at radius 1 is 1.52 bits per heavy atom. The molecule has 0 radical (unpaired) electrons. The van der Waals surface area contributed by atoms with Gasteiger partial charge in [-0.15, -0.1) is 0 Å². The average Bonchev–Trinajstić information content (AvgIpc) is 2.80. The molecule has 0 fully saturated rings. The van der Waals surface area contributed by atoms with Crippen molar-refractivity contribution in [2.24, 2.45) is 0 Å². The quantitative estimate of drug-likeness (QED) is 0.773. The molecule has 1 rings (SSSR count). The van der Waals surface area contributed by atoms with Gasteiger partial charge in [0, 0.05) is 18.0 Å². The van der Waals surface area contributed by atoms with E-state index in [1.54, 1.807) is 24.8 Å². The highest BCUT2D eigenvalue weighted by atomic mass is 32.2. The van der Waals surface area contributed by atoms with Gasteiger partial charge >= 0.3 is 0 Å². The first-order valence-electron chi connectivity index (χ1n) is 7.40. The highest BCUT2D eigenvalue weighted by molar-refractivity contribution is 7.98. The van der Waals surface area contributed by atoms with Gasteiger partial charge in [-0.1, -0.05) is 13.8 Å². The van der Waals surface area contributed by atoms with Gasteiger partial charge in [0.05, 0.1) is 11.6 Å². The van der Waals surface area contributed by atoms with Crippen molar-refractivity contribution in [1.82, 2.24) is 15.1 Å². The zero-order chi connectivity index (χ0) is 16.0. The van der Waals surface area contributed by atoms with E-state index >= 15 is 0 Å². The Kier molecular flexibility index (Phi) is 6.74. The first kappa shape index (κ1) is 18.0. The van der Waals surface area contributed by atoms with E-state index in [2.05, 4.69) is 24.3 Å². The van der Waals surface area contributed by atoms with Gasteiger partial charge in [0.1, 0.15) is 5.69 Å². The molecule has 0 spiro atoms. The maximum absolute atomic E-state index is 12.2. The molecule has 1 aromatic rings. The van der Waals surface area contributed by atoms with Crippen LogP contribution in [0.25, 0.3) is 0 Å². The number of aliphatic hydroxyl groups is 1. The number of nitrogens with one attached hydrogen (secondary N) is 1. The summed E-state index contributed by atoms with van der Waals surface area (Å²) in [7, 11) is 0. The Hall–Kier alpha value is -1.01. The first-order chi connectivity index (χ1) is 9.84. The second-order valence-electron chi connectivity index (χ2n) is 5.70. The van der Waals surface area contributed by atoms with E-state index in [-0.39, 0.29) is 12.5 Å². The van der Waals surface area contributed by atoms with Gasteiger partial charge in [-0.05, 0) is 39.0 Å². The predicted molar refractivity (Wildman–Crippen MR) is 87.9 cm³/mol. The van der Waals surface area contributed by atoms with Crippen molar-refractivity contribution in [1.29, 1.82) is 0 Å². The molecule has 21 heavy (non-hydrogen) atoms. The van der Waals surface area contributed by atoms with E-state index in [4.69, 9.17) is 0 Å². The van der Waals surface area contributed by atoms with E-state index in [1.807, 2.05) is 17.9 Å². The Morgan fingerprint density at radius 3 is 2.67 bits per heavy atom. The summed E-state index contributed by atoms with van der Waals surface area (Å²) in [4.78, 5) is 12.2. The van der Waals surface area contributed by atoms with Crippen LogP contribution in [0.3, 0.4) is 0 Å². The van der Waals surface area contributed by atoms with Gasteiger partial charge in [0.2, 0.25) is 0 Å². The van der Waals surface area contributed by atoms with Crippen LogP contribution in [0.15, 0.2) is 6.07 Å². The third-order valence-corrected chi connectivity index (χ3v) is 4.44. The summed E-state index contributed by atoms with van der Waals surface area (Å²) in [6.07, 6.45) is 3.90. The van der Waals surface area contributed by atoms with E-state index in [0.29, 0.717) is 17.5 Å².